The van der Waals surface area contributed by atoms with Crippen LogP contribution in [0.25, 0.3) is 0 Å². The molecule has 1 amide bonds. The highest BCUT2D eigenvalue weighted by Crippen LogP contribution is 2.14. The van der Waals surface area contributed by atoms with Gasteiger partial charge >= 0.3 is 0 Å². The number of thiophene rings is 1. The second-order valence-electron chi connectivity index (χ2n) is 5.92. The van der Waals surface area contributed by atoms with Gasteiger partial charge in [-0.3, -0.25) is 9.69 Å². The van der Waals surface area contributed by atoms with E-state index in [-0.39, 0.29) is 5.91 Å². The number of nitrogens with zero attached hydrogens (tertiary/aromatic N) is 2. The summed E-state index contributed by atoms with van der Waals surface area (Å²) in [5, 5.41) is 3.91. The normalized spacial score (nSPS) is 16.5. The number of amides is 1. The van der Waals surface area contributed by atoms with Crippen LogP contribution < -0.4 is 0 Å². The zero-order valence-corrected chi connectivity index (χ0v) is 13.8. The summed E-state index contributed by atoms with van der Waals surface area (Å²) in [7, 11) is 0. The fourth-order valence-electron chi connectivity index (χ4n) is 2.97. The molecule has 0 radical (unpaired) electrons. The molecule has 116 valence electrons. The highest BCUT2D eigenvalue weighted by molar-refractivity contribution is 7.08. The molecular weight excluding hydrogens is 292 g/mol. The van der Waals surface area contributed by atoms with Crippen LogP contribution in [0.3, 0.4) is 0 Å². The van der Waals surface area contributed by atoms with E-state index in [0.29, 0.717) is 0 Å². The van der Waals surface area contributed by atoms with Crippen LogP contribution in [0.2, 0.25) is 0 Å². The van der Waals surface area contributed by atoms with Gasteiger partial charge < -0.3 is 4.90 Å². The molecule has 1 aromatic carbocycles. The Bertz CT molecular complexity index is 624. The number of rotatable bonds is 3. The minimum Gasteiger partial charge on any atom is -0.337 e. The van der Waals surface area contributed by atoms with Crippen molar-refractivity contribution in [3.63, 3.8) is 0 Å². The van der Waals surface area contributed by atoms with Crippen LogP contribution in [0, 0.1) is 6.92 Å². The SMILES string of the molecule is Cc1cccc(CN2CCCN(C(=O)c3ccsc3)CC2)c1. The van der Waals surface area contributed by atoms with Gasteiger partial charge in [0.05, 0.1) is 5.56 Å². The molecule has 0 unspecified atom stereocenters. The van der Waals surface area contributed by atoms with Gasteiger partial charge in [-0.1, -0.05) is 29.8 Å². The number of benzene rings is 1. The van der Waals surface area contributed by atoms with Gasteiger partial charge in [-0.2, -0.15) is 11.3 Å². The lowest BCUT2D eigenvalue weighted by Crippen LogP contribution is -2.34. The van der Waals surface area contributed by atoms with E-state index in [2.05, 4.69) is 36.1 Å². The van der Waals surface area contributed by atoms with Gasteiger partial charge in [0.15, 0.2) is 0 Å². The maximum atomic E-state index is 12.4. The third-order valence-corrected chi connectivity index (χ3v) is 4.82. The van der Waals surface area contributed by atoms with Gasteiger partial charge in [0.25, 0.3) is 5.91 Å². The minimum atomic E-state index is 0.179. The fourth-order valence-corrected chi connectivity index (χ4v) is 3.60. The predicted octanol–water partition coefficient (Wildman–Crippen LogP) is 3.40. The van der Waals surface area contributed by atoms with Crippen LogP contribution in [-0.2, 0) is 6.54 Å². The van der Waals surface area contributed by atoms with Crippen LogP contribution in [0.4, 0.5) is 0 Å². The van der Waals surface area contributed by atoms with Crippen LogP contribution in [0.1, 0.15) is 27.9 Å². The largest absolute Gasteiger partial charge is 0.337 e. The standard InChI is InChI=1S/C18H22N2OS/c1-15-4-2-5-16(12-15)13-19-7-3-8-20(10-9-19)18(21)17-6-11-22-14-17/h2,4-6,11-12,14H,3,7-10,13H2,1H3. The number of aryl methyl sites for hydroxylation is 1. The second-order valence-corrected chi connectivity index (χ2v) is 6.70. The van der Waals surface area contributed by atoms with Gasteiger partial charge in [0, 0.05) is 38.1 Å². The molecule has 3 nitrogen and oxygen atoms in total. The Morgan fingerprint density at radius 2 is 2.09 bits per heavy atom. The minimum absolute atomic E-state index is 0.179. The first-order valence-electron chi connectivity index (χ1n) is 7.82. The van der Waals surface area contributed by atoms with Crippen LogP contribution in [-0.4, -0.2) is 41.9 Å². The predicted molar refractivity (Wildman–Crippen MR) is 91.3 cm³/mol. The third kappa shape index (κ3) is 3.76. The lowest BCUT2D eigenvalue weighted by atomic mass is 10.1. The summed E-state index contributed by atoms with van der Waals surface area (Å²) in [6.07, 6.45) is 1.04. The number of carbonyl (C=O) groups is 1. The van der Waals surface area contributed by atoms with Crippen molar-refractivity contribution in [1.29, 1.82) is 0 Å². The molecule has 1 aliphatic rings. The molecule has 1 aromatic heterocycles. The maximum absolute atomic E-state index is 12.4. The Morgan fingerprint density at radius 3 is 2.86 bits per heavy atom. The van der Waals surface area contributed by atoms with Crippen LogP contribution in [0.15, 0.2) is 41.1 Å². The molecule has 4 heteroatoms. The Labute approximate surface area is 136 Å². The van der Waals surface area contributed by atoms with Crippen LogP contribution in [0.5, 0.6) is 0 Å². The average molecular weight is 314 g/mol. The number of carbonyl (C=O) groups excluding carboxylic acids is 1. The molecule has 0 spiro atoms. The summed E-state index contributed by atoms with van der Waals surface area (Å²) in [6.45, 7) is 6.79. The van der Waals surface area contributed by atoms with E-state index in [1.165, 1.54) is 11.1 Å². The smallest absolute Gasteiger partial charge is 0.254 e. The molecule has 0 aliphatic carbocycles. The first-order chi connectivity index (χ1) is 10.7. The van der Waals surface area contributed by atoms with Crippen molar-refractivity contribution < 1.29 is 4.79 Å². The quantitative estimate of drug-likeness (QED) is 0.867. The molecule has 1 saturated heterocycles. The fraction of sp³-hybridized carbons (Fsp3) is 0.389. The molecular formula is C18H22N2OS. The first kappa shape index (κ1) is 15.3. The third-order valence-electron chi connectivity index (χ3n) is 4.13. The molecule has 0 bridgehead atoms. The summed E-state index contributed by atoms with van der Waals surface area (Å²) in [5.41, 5.74) is 3.50. The van der Waals surface area contributed by atoms with E-state index < -0.39 is 0 Å². The number of hydrogen-bond acceptors (Lipinski definition) is 3. The van der Waals surface area contributed by atoms with Crippen LogP contribution >= 0.6 is 11.3 Å². The van der Waals surface area contributed by atoms with Crippen molar-refractivity contribution in [2.75, 3.05) is 26.2 Å². The Kier molecular flexibility index (Phi) is 4.90. The zero-order valence-electron chi connectivity index (χ0n) is 13.0. The van der Waals surface area contributed by atoms with E-state index in [1.54, 1.807) is 11.3 Å². The summed E-state index contributed by atoms with van der Waals surface area (Å²) in [6, 6.07) is 10.6. The first-order valence-corrected chi connectivity index (χ1v) is 8.76. The Morgan fingerprint density at radius 1 is 1.18 bits per heavy atom. The van der Waals surface area contributed by atoms with Crippen molar-refractivity contribution in [1.82, 2.24) is 9.80 Å². The molecule has 2 heterocycles. The van der Waals surface area contributed by atoms with Gasteiger partial charge in [-0.05, 0) is 30.4 Å². The van der Waals surface area contributed by atoms with E-state index in [0.717, 1.165) is 44.7 Å². The topological polar surface area (TPSA) is 23.6 Å². The molecule has 3 rings (SSSR count). The number of hydrogen-bond donors (Lipinski definition) is 0. The van der Waals surface area contributed by atoms with Crippen molar-refractivity contribution in [3.8, 4) is 0 Å². The van der Waals surface area contributed by atoms with Crippen molar-refractivity contribution >= 4 is 17.2 Å². The van der Waals surface area contributed by atoms with Crippen molar-refractivity contribution in [2.45, 2.75) is 19.9 Å². The molecule has 0 N–H and O–H groups in total. The van der Waals surface area contributed by atoms with Crippen molar-refractivity contribution in [3.05, 3.63) is 57.8 Å². The second kappa shape index (κ2) is 7.07. The van der Waals surface area contributed by atoms with E-state index in [4.69, 9.17) is 0 Å². The Hall–Kier alpha value is -1.65. The van der Waals surface area contributed by atoms with E-state index in [1.807, 2.05) is 21.7 Å². The molecule has 1 aliphatic heterocycles. The zero-order chi connectivity index (χ0) is 15.4. The molecule has 0 saturated carbocycles. The summed E-state index contributed by atoms with van der Waals surface area (Å²) < 4.78 is 0. The summed E-state index contributed by atoms with van der Waals surface area (Å²) in [5.74, 6) is 0.179. The lowest BCUT2D eigenvalue weighted by molar-refractivity contribution is 0.0761. The molecule has 0 atom stereocenters. The van der Waals surface area contributed by atoms with Crippen molar-refractivity contribution in [2.24, 2.45) is 0 Å². The molecule has 1 fully saturated rings. The summed E-state index contributed by atoms with van der Waals surface area (Å²) in [4.78, 5) is 16.9. The summed E-state index contributed by atoms with van der Waals surface area (Å²) >= 11 is 1.58. The monoisotopic (exact) mass is 314 g/mol. The highest BCUT2D eigenvalue weighted by Gasteiger charge is 2.20. The van der Waals surface area contributed by atoms with E-state index in [9.17, 15) is 4.79 Å². The highest BCUT2D eigenvalue weighted by atomic mass is 32.1. The molecule has 22 heavy (non-hydrogen) atoms. The Balaban J connectivity index is 1.59. The van der Waals surface area contributed by atoms with Gasteiger partial charge in [-0.25, -0.2) is 0 Å². The maximum Gasteiger partial charge on any atom is 0.254 e. The van der Waals surface area contributed by atoms with Gasteiger partial charge in [0.2, 0.25) is 0 Å². The van der Waals surface area contributed by atoms with E-state index >= 15 is 0 Å². The lowest BCUT2D eigenvalue weighted by Gasteiger charge is -2.22. The average Bonchev–Trinajstić information content (AvgIpc) is 2.94. The van der Waals surface area contributed by atoms with Gasteiger partial charge in [-0.15, -0.1) is 0 Å². The molecule has 2 aromatic rings. The van der Waals surface area contributed by atoms with Gasteiger partial charge in [0.1, 0.15) is 0 Å².